The molecular weight excluding hydrogens is 410 g/mol. The summed E-state index contributed by atoms with van der Waals surface area (Å²) >= 11 is 0. The summed E-state index contributed by atoms with van der Waals surface area (Å²) in [6, 6.07) is 18.7. The fraction of sp³-hybridized carbons (Fsp3) is 0.259. The molecule has 0 radical (unpaired) electrons. The second kappa shape index (κ2) is 8.05. The number of nitrogens with zero attached hydrogens (tertiary/aromatic N) is 4. The standard InChI is InChI=1S/C27H27N5O/c1-30-18-22(16-28-30)32-26-8-4-3-7-20(26)14-23(27(32)33)25-15-21-13-19(9-10-24(21)29-25)17-31-11-5-2-6-12-31/h3-4,7-10,13-16,18,29H,2,5-6,11-12,17H2,1H3. The summed E-state index contributed by atoms with van der Waals surface area (Å²) in [7, 11) is 1.86. The van der Waals surface area contributed by atoms with E-state index in [-0.39, 0.29) is 5.56 Å². The van der Waals surface area contributed by atoms with E-state index in [2.05, 4.69) is 39.2 Å². The lowest BCUT2D eigenvalue weighted by atomic mass is 10.1. The number of hydrogen-bond donors (Lipinski definition) is 1. The van der Waals surface area contributed by atoms with Crippen molar-refractivity contribution in [2.45, 2.75) is 25.8 Å². The molecule has 3 aromatic heterocycles. The number of hydrogen-bond acceptors (Lipinski definition) is 3. The number of aryl methyl sites for hydroxylation is 1. The van der Waals surface area contributed by atoms with Crippen LogP contribution in [0.5, 0.6) is 0 Å². The van der Waals surface area contributed by atoms with Crippen molar-refractivity contribution < 1.29 is 0 Å². The number of nitrogens with one attached hydrogen (secondary N) is 1. The summed E-state index contributed by atoms with van der Waals surface area (Å²) in [5, 5.41) is 6.43. The van der Waals surface area contributed by atoms with Crippen molar-refractivity contribution >= 4 is 21.8 Å². The van der Waals surface area contributed by atoms with Crippen molar-refractivity contribution in [1.29, 1.82) is 0 Å². The molecule has 0 aliphatic carbocycles. The van der Waals surface area contributed by atoms with E-state index in [1.54, 1.807) is 15.4 Å². The molecule has 1 aliphatic heterocycles. The third kappa shape index (κ3) is 3.66. The third-order valence-corrected chi connectivity index (χ3v) is 6.69. The Bertz CT molecular complexity index is 1520. The Balaban J connectivity index is 1.45. The predicted octanol–water partition coefficient (Wildman–Crippen LogP) is 4.86. The zero-order valence-corrected chi connectivity index (χ0v) is 18.8. The lowest BCUT2D eigenvalue weighted by Crippen LogP contribution is -2.28. The minimum absolute atomic E-state index is 0.0539. The van der Waals surface area contributed by atoms with Gasteiger partial charge in [0.05, 0.1) is 28.7 Å². The first-order chi connectivity index (χ1) is 16.2. The van der Waals surface area contributed by atoms with E-state index in [1.165, 1.54) is 37.9 Å². The highest BCUT2D eigenvalue weighted by Crippen LogP contribution is 2.27. The molecule has 0 saturated carbocycles. The predicted molar refractivity (Wildman–Crippen MR) is 133 cm³/mol. The molecule has 0 spiro atoms. The molecule has 0 atom stereocenters. The highest BCUT2D eigenvalue weighted by atomic mass is 16.1. The number of fused-ring (bicyclic) bond motifs is 2. The maximum Gasteiger partial charge on any atom is 0.265 e. The average molecular weight is 438 g/mol. The first-order valence-electron chi connectivity index (χ1n) is 11.6. The summed E-state index contributed by atoms with van der Waals surface area (Å²) < 4.78 is 3.47. The number of piperidine rings is 1. The lowest BCUT2D eigenvalue weighted by Gasteiger charge is -2.26. The SMILES string of the molecule is Cn1cc(-n2c(=O)c(-c3cc4cc(CN5CCCCC5)ccc4[nH]3)cc3ccccc32)cn1. The molecule has 5 aromatic rings. The molecule has 6 nitrogen and oxygen atoms in total. The number of likely N-dealkylation sites (tertiary alicyclic amines) is 1. The van der Waals surface area contributed by atoms with Crippen LogP contribution in [0.1, 0.15) is 24.8 Å². The van der Waals surface area contributed by atoms with Crippen LogP contribution in [0.2, 0.25) is 0 Å². The number of H-pyrrole nitrogens is 1. The zero-order chi connectivity index (χ0) is 22.4. The fourth-order valence-corrected chi connectivity index (χ4v) is 5.03. The van der Waals surface area contributed by atoms with Gasteiger partial charge < -0.3 is 4.98 Å². The Morgan fingerprint density at radius 1 is 0.970 bits per heavy atom. The second-order valence-electron chi connectivity index (χ2n) is 9.07. The van der Waals surface area contributed by atoms with E-state index in [4.69, 9.17) is 0 Å². The number of para-hydroxylation sites is 1. The van der Waals surface area contributed by atoms with Gasteiger partial charge in [0, 0.05) is 30.7 Å². The van der Waals surface area contributed by atoms with Crippen LogP contribution in [0, 0.1) is 0 Å². The van der Waals surface area contributed by atoms with Gasteiger partial charge >= 0.3 is 0 Å². The minimum Gasteiger partial charge on any atom is -0.354 e. The summed E-state index contributed by atoms with van der Waals surface area (Å²) in [4.78, 5) is 19.7. The fourth-order valence-electron chi connectivity index (χ4n) is 5.03. The van der Waals surface area contributed by atoms with E-state index in [0.29, 0.717) is 5.56 Å². The highest BCUT2D eigenvalue weighted by molar-refractivity contribution is 5.90. The molecule has 6 heteroatoms. The first-order valence-corrected chi connectivity index (χ1v) is 11.6. The summed E-state index contributed by atoms with van der Waals surface area (Å²) in [5.74, 6) is 0. The molecule has 0 unspecified atom stereocenters. The van der Waals surface area contributed by atoms with Crippen LogP contribution in [0.25, 0.3) is 38.8 Å². The number of aromatic amines is 1. The van der Waals surface area contributed by atoms with Gasteiger partial charge in [0.2, 0.25) is 0 Å². The van der Waals surface area contributed by atoms with Crippen molar-refractivity contribution in [1.82, 2.24) is 24.2 Å². The van der Waals surface area contributed by atoms with Crippen LogP contribution >= 0.6 is 0 Å². The van der Waals surface area contributed by atoms with Gasteiger partial charge in [-0.1, -0.05) is 30.7 Å². The van der Waals surface area contributed by atoms with Gasteiger partial charge in [0.25, 0.3) is 5.56 Å². The lowest BCUT2D eigenvalue weighted by molar-refractivity contribution is 0.221. The summed E-state index contributed by atoms with van der Waals surface area (Å²) in [5.41, 5.74) is 5.45. The third-order valence-electron chi connectivity index (χ3n) is 6.69. The van der Waals surface area contributed by atoms with Crippen LogP contribution < -0.4 is 5.56 Å². The first kappa shape index (κ1) is 20.0. The van der Waals surface area contributed by atoms with Crippen molar-refractivity contribution in [3.05, 3.63) is 82.9 Å². The molecule has 1 saturated heterocycles. The van der Waals surface area contributed by atoms with Crippen molar-refractivity contribution in [3.63, 3.8) is 0 Å². The minimum atomic E-state index is -0.0539. The topological polar surface area (TPSA) is 58.9 Å². The van der Waals surface area contributed by atoms with Gasteiger partial charge in [0.15, 0.2) is 0 Å². The molecule has 1 fully saturated rings. The Labute approximate surface area is 192 Å². The number of rotatable bonds is 4. The molecule has 6 rings (SSSR count). The maximum absolute atomic E-state index is 13.7. The van der Waals surface area contributed by atoms with Crippen LogP contribution in [-0.2, 0) is 13.6 Å². The average Bonchev–Trinajstić information content (AvgIpc) is 3.45. The van der Waals surface area contributed by atoms with Crippen molar-refractivity contribution in [2.75, 3.05) is 13.1 Å². The van der Waals surface area contributed by atoms with E-state index < -0.39 is 0 Å². The Morgan fingerprint density at radius 2 is 1.82 bits per heavy atom. The summed E-state index contributed by atoms with van der Waals surface area (Å²) in [6.45, 7) is 3.35. The molecule has 0 bridgehead atoms. The smallest absolute Gasteiger partial charge is 0.265 e. The normalized spacial score (nSPS) is 14.9. The van der Waals surface area contributed by atoms with Gasteiger partial charge in [-0.2, -0.15) is 5.10 Å². The Hall–Kier alpha value is -3.64. The van der Waals surface area contributed by atoms with E-state index in [9.17, 15) is 4.79 Å². The zero-order valence-electron chi connectivity index (χ0n) is 18.8. The molecule has 1 aliphatic rings. The van der Waals surface area contributed by atoms with Gasteiger partial charge in [-0.3, -0.25) is 18.9 Å². The molecule has 166 valence electrons. The number of pyridine rings is 1. The summed E-state index contributed by atoms with van der Waals surface area (Å²) in [6.07, 6.45) is 7.54. The van der Waals surface area contributed by atoms with Gasteiger partial charge in [-0.25, -0.2) is 0 Å². The van der Waals surface area contributed by atoms with Gasteiger partial charge in [-0.15, -0.1) is 0 Å². The van der Waals surface area contributed by atoms with Crippen LogP contribution in [0.3, 0.4) is 0 Å². The van der Waals surface area contributed by atoms with Crippen molar-refractivity contribution in [3.8, 4) is 16.9 Å². The second-order valence-corrected chi connectivity index (χ2v) is 9.07. The van der Waals surface area contributed by atoms with E-state index in [0.717, 1.165) is 39.7 Å². The Kier molecular flexibility index (Phi) is 4.88. The van der Waals surface area contributed by atoms with E-state index in [1.807, 2.05) is 43.6 Å². The van der Waals surface area contributed by atoms with Crippen molar-refractivity contribution in [2.24, 2.45) is 7.05 Å². The van der Waals surface area contributed by atoms with Crippen LogP contribution in [-0.4, -0.2) is 37.3 Å². The van der Waals surface area contributed by atoms with Gasteiger partial charge in [0.1, 0.15) is 0 Å². The number of benzene rings is 2. The Morgan fingerprint density at radius 3 is 2.64 bits per heavy atom. The number of aromatic nitrogens is 4. The largest absolute Gasteiger partial charge is 0.354 e. The molecule has 1 N–H and O–H groups in total. The van der Waals surface area contributed by atoms with E-state index >= 15 is 0 Å². The molecular formula is C27H27N5O. The molecule has 4 heterocycles. The van der Waals surface area contributed by atoms with Crippen LogP contribution in [0.4, 0.5) is 0 Å². The highest BCUT2D eigenvalue weighted by Gasteiger charge is 2.16. The quantitative estimate of drug-likeness (QED) is 0.437. The molecule has 33 heavy (non-hydrogen) atoms. The maximum atomic E-state index is 13.7. The van der Waals surface area contributed by atoms with Gasteiger partial charge in [-0.05, 0) is 67.2 Å². The molecule has 0 amide bonds. The van der Waals surface area contributed by atoms with Crippen LogP contribution in [0.15, 0.2) is 71.8 Å². The molecule has 2 aromatic carbocycles. The monoisotopic (exact) mass is 437 g/mol.